The predicted octanol–water partition coefficient (Wildman–Crippen LogP) is 1.35. The molecular weight excluding hydrogens is 309 g/mol. The van der Waals surface area contributed by atoms with Crippen molar-refractivity contribution in [3.63, 3.8) is 0 Å². The van der Waals surface area contributed by atoms with E-state index in [1.165, 1.54) is 0 Å². The van der Waals surface area contributed by atoms with Crippen LogP contribution in [-0.4, -0.2) is 56.8 Å². The number of sulfone groups is 1. The van der Waals surface area contributed by atoms with E-state index in [1.807, 2.05) is 0 Å². The average molecular weight is 327 g/mol. The number of rotatable bonds is 10. The number of hydrogen-bond acceptors (Lipinski definition) is 4. The average Bonchev–Trinajstić information content (AvgIpc) is 2.26. The van der Waals surface area contributed by atoms with Gasteiger partial charge in [0.25, 0.3) is 0 Å². The van der Waals surface area contributed by atoms with E-state index >= 15 is 0 Å². The van der Waals surface area contributed by atoms with Crippen molar-refractivity contribution in [2.75, 3.05) is 31.2 Å². The Kier molecular flexibility index (Phi) is 7.89. The number of alkyl halides is 5. The first-order chi connectivity index (χ1) is 9.02. The highest BCUT2D eigenvalue weighted by atomic mass is 32.2. The van der Waals surface area contributed by atoms with E-state index in [2.05, 4.69) is 5.32 Å². The van der Waals surface area contributed by atoms with E-state index in [4.69, 9.17) is 5.11 Å². The molecule has 0 unspecified atom stereocenters. The second kappa shape index (κ2) is 8.08. The van der Waals surface area contributed by atoms with Gasteiger partial charge in [0, 0.05) is 13.0 Å². The van der Waals surface area contributed by atoms with Crippen LogP contribution in [0.5, 0.6) is 0 Å². The zero-order valence-corrected chi connectivity index (χ0v) is 11.5. The van der Waals surface area contributed by atoms with Crippen LogP contribution in [0.25, 0.3) is 0 Å². The molecule has 0 amide bonds. The van der Waals surface area contributed by atoms with Gasteiger partial charge in [-0.25, -0.2) is 8.42 Å². The van der Waals surface area contributed by atoms with Crippen molar-refractivity contribution in [3.05, 3.63) is 0 Å². The van der Waals surface area contributed by atoms with Gasteiger partial charge in [-0.1, -0.05) is 0 Å². The third kappa shape index (κ3) is 7.95. The largest absolute Gasteiger partial charge is 0.453 e. The van der Waals surface area contributed by atoms with Gasteiger partial charge < -0.3 is 10.4 Å². The van der Waals surface area contributed by atoms with Crippen molar-refractivity contribution >= 4 is 9.84 Å². The molecule has 0 saturated heterocycles. The molecule has 122 valence electrons. The lowest BCUT2D eigenvalue weighted by atomic mass is 10.2. The fourth-order valence-electron chi connectivity index (χ4n) is 1.38. The summed E-state index contributed by atoms with van der Waals surface area (Å²) in [4.78, 5) is 0. The topological polar surface area (TPSA) is 66.4 Å². The number of aliphatic hydroxyl groups is 1. The van der Waals surface area contributed by atoms with Crippen LogP contribution in [0.15, 0.2) is 0 Å². The molecule has 0 heterocycles. The van der Waals surface area contributed by atoms with Gasteiger partial charge in [0.2, 0.25) is 0 Å². The summed E-state index contributed by atoms with van der Waals surface area (Å²) in [6.45, 7) is 0.523. The van der Waals surface area contributed by atoms with E-state index in [0.717, 1.165) is 0 Å². The van der Waals surface area contributed by atoms with Gasteiger partial charge in [-0.2, -0.15) is 22.0 Å². The molecule has 0 aliphatic carbocycles. The summed E-state index contributed by atoms with van der Waals surface area (Å²) >= 11 is 0. The minimum atomic E-state index is -5.65. The van der Waals surface area contributed by atoms with Gasteiger partial charge in [0.1, 0.15) is 9.84 Å². The van der Waals surface area contributed by atoms with Gasteiger partial charge in [-0.05, 0) is 19.4 Å². The van der Waals surface area contributed by atoms with Gasteiger partial charge in [-0.3, -0.25) is 0 Å². The summed E-state index contributed by atoms with van der Waals surface area (Å²) in [6, 6.07) is 0. The quantitative estimate of drug-likeness (QED) is 0.470. The molecule has 0 aliphatic rings. The molecule has 0 aliphatic heterocycles. The number of halogens is 5. The minimum Gasteiger partial charge on any atom is -0.395 e. The van der Waals surface area contributed by atoms with E-state index in [0.29, 0.717) is 13.1 Å². The molecule has 0 rings (SSSR count). The Labute approximate surface area is 114 Å². The van der Waals surface area contributed by atoms with Crippen LogP contribution in [0.1, 0.15) is 19.3 Å². The first-order valence-electron chi connectivity index (χ1n) is 5.98. The fourth-order valence-corrected chi connectivity index (χ4v) is 2.75. The number of hydrogen-bond donors (Lipinski definition) is 2. The highest BCUT2D eigenvalue weighted by Gasteiger charge is 2.56. The SMILES string of the molecule is O=S(=O)(CCCNCCO)CCCC(F)(F)C(F)(F)F. The van der Waals surface area contributed by atoms with Gasteiger partial charge in [0.15, 0.2) is 0 Å². The van der Waals surface area contributed by atoms with Crippen molar-refractivity contribution < 1.29 is 35.5 Å². The Hall–Kier alpha value is -0.480. The zero-order chi connectivity index (χ0) is 15.9. The third-order valence-electron chi connectivity index (χ3n) is 2.46. The Morgan fingerprint density at radius 2 is 1.50 bits per heavy atom. The van der Waals surface area contributed by atoms with Crippen molar-refractivity contribution in [3.8, 4) is 0 Å². The second-order valence-electron chi connectivity index (χ2n) is 4.28. The molecule has 10 heteroatoms. The summed E-state index contributed by atoms with van der Waals surface area (Å²) in [7, 11) is -3.64. The van der Waals surface area contributed by atoms with Crippen LogP contribution in [0.3, 0.4) is 0 Å². The van der Waals surface area contributed by atoms with Crippen LogP contribution < -0.4 is 5.32 Å². The van der Waals surface area contributed by atoms with Crippen molar-refractivity contribution in [2.24, 2.45) is 0 Å². The molecule has 20 heavy (non-hydrogen) atoms. The Morgan fingerprint density at radius 3 is 2.00 bits per heavy atom. The Morgan fingerprint density at radius 1 is 0.950 bits per heavy atom. The molecule has 0 saturated carbocycles. The third-order valence-corrected chi connectivity index (χ3v) is 4.28. The standard InChI is InChI=1S/C10H18F5NO3S/c11-9(12,10(13,14)15)3-1-7-20(18,19)8-2-4-16-5-6-17/h16-17H,1-8H2. The van der Waals surface area contributed by atoms with Crippen molar-refractivity contribution in [1.82, 2.24) is 5.32 Å². The lowest BCUT2D eigenvalue weighted by Crippen LogP contribution is -2.36. The van der Waals surface area contributed by atoms with Gasteiger partial charge in [-0.15, -0.1) is 0 Å². The zero-order valence-electron chi connectivity index (χ0n) is 10.7. The van der Waals surface area contributed by atoms with E-state index < -0.39 is 40.5 Å². The number of aliphatic hydroxyl groups excluding tert-OH is 1. The first-order valence-corrected chi connectivity index (χ1v) is 7.80. The maximum atomic E-state index is 12.5. The molecule has 0 aromatic rings. The van der Waals surface area contributed by atoms with Crippen LogP contribution in [0.4, 0.5) is 22.0 Å². The molecule has 0 aromatic heterocycles. The molecule has 0 bridgehead atoms. The maximum absolute atomic E-state index is 12.5. The van der Waals surface area contributed by atoms with Gasteiger partial charge in [0.05, 0.1) is 18.1 Å². The molecular formula is C10H18F5NO3S. The van der Waals surface area contributed by atoms with Crippen LogP contribution in [-0.2, 0) is 9.84 Å². The molecule has 0 radical (unpaired) electrons. The maximum Gasteiger partial charge on any atom is 0.453 e. The molecule has 4 nitrogen and oxygen atoms in total. The smallest absolute Gasteiger partial charge is 0.395 e. The second-order valence-corrected chi connectivity index (χ2v) is 6.59. The molecule has 2 N–H and O–H groups in total. The Bertz CT molecular complexity index is 370. The summed E-state index contributed by atoms with van der Waals surface area (Å²) in [5.41, 5.74) is 0. The Balaban J connectivity index is 4.00. The minimum absolute atomic E-state index is 0.0979. The lowest BCUT2D eigenvalue weighted by Gasteiger charge is -2.19. The molecule has 0 spiro atoms. The summed E-state index contributed by atoms with van der Waals surface area (Å²) < 4.78 is 83.4. The molecule has 0 atom stereocenters. The van der Waals surface area contributed by atoms with Crippen LogP contribution in [0, 0.1) is 0 Å². The van der Waals surface area contributed by atoms with Crippen molar-refractivity contribution in [1.29, 1.82) is 0 Å². The van der Waals surface area contributed by atoms with Crippen LogP contribution >= 0.6 is 0 Å². The normalized spacial score (nSPS) is 13.7. The highest BCUT2D eigenvalue weighted by molar-refractivity contribution is 7.91. The predicted molar refractivity (Wildman–Crippen MR) is 63.5 cm³/mol. The lowest BCUT2D eigenvalue weighted by molar-refractivity contribution is -0.284. The summed E-state index contributed by atoms with van der Waals surface area (Å²) in [5, 5.41) is 11.2. The highest BCUT2D eigenvalue weighted by Crippen LogP contribution is 2.38. The van der Waals surface area contributed by atoms with E-state index in [9.17, 15) is 30.4 Å². The summed E-state index contributed by atoms with van der Waals surface area (Å²) in [6.07, 6.45) is -7.71. The van der Waals surface area contributed by atoms with E-state index in [1.54, 1.807) is 0 Å². The van der Waals surface area contributed by atoms with E-state index in [-0.39, 0.29) is 18.8 Å². The van der Waals surface area contributed by atoms with Crippen LogP contribution in [0.2, 0.25) is 0 Å². The van der Waals surface area contributed by atoms with Gasteiger partial charge >= 0.3 is 12.1 Å². The fraction of sp³-hybridized carbons (Fsp3) is 1.00. The molecule has 0 fully saturated rings. The number of nitrogens with one attached hydrogen (secondary N) is 1. The summed E-state index contributed by atoms with van der Waals surface area (Å²) in [5.74, 6) is -5.84. The molecule has 0 aromatic carbocycles. The van der Waals surface area contributed by atoms with Crippen molar-refractivity contribution in [2.45, 2.75) is 31.4 Å². The first kappa shape index (κ1) is 19.5. The monoisotopic (exact) mass is 327 g/mol.